The van der Waals surface area contributed by atoms with E-state index in [4.69, 9.17) is 10.2 Å². The molecule has 6 nitrogen and oxygen atoms in total. The molecule has 2 amide bonds. The standard InChI is InChI=1S/C19H23N3O3S/c1-12-11-21(19(24)17-4-3-9-25-17)16-10-14(18(26)7-8-20)5-6-15(16)22(12)13(2)23/h3-6,9-10,12,18,26H,7-8,11,20H2,1-2H3/t12-,18?/m0/s1. The molecule has 2 heterocycles. The zero-order valence-electron chi connectivity index (χ0n) is 14.9. The van der Waals surface area contributed by atoms with Crippen molar-refractivity contribution in [3.8, 4) is 0 Å². The van der Waals surface area contributed by atoms with E-state index in [1.54, 1.807) is 21.9 Å². The van der Waals surface area contributed by atoms with Crippen molar-refractivity contribution >= 4 is 35.8 Å². The summed E-state index contributed by atoms with van der Waals surface area (Å²) in [6, 6.07) is 8.93. The van der Waals surface area contributed by atoms with Gasteiger partial charge in [-0.05, 0) is 49.7 Å². The van der Waals surface area contributed by atoms with Crippen LogP contribution in [0.3, 0.4) is 0 Å². The fourth-order valence-electron chi connectivity index (χ4n) is 3.38. The van der Waals surface area contributed by atoms with Crippen LogP contribution in [-0.4, -0.2) is 30.9 Å². The third-order valence-corrected chi connectivity index (χ3v) is 5.13. The quantitative estimate of drug-likeness (QED) is 0.808. The number of nitrogens with zero attached hydrogens (tertiary/aromatic N) is 2. The number of hydrogen-bond acceptors (Lipinski definition) is 5. The Balaban J connectivity index is 2.08. The van der Waals surface area contributed by atoms with E-state index in [0.717, 1.165) is 12.0 Å². The lowest BCUT2D eigenvalue weighted by molar-refractivity contribution is -0.117. The van der Waals surface area contributed by atoms with Gasteiger partial charge in [0, 0.05) is 18.7 Å². The smallest absolute Gasteiger partial charge is 0.294 e. The summed E-state index contributed by atoms with van der Waals surface area (Å²) in [6.07, 6.45) is 2.20. The first kappa shape index (κ1) is 18.5. The van der Waals surface area contributed by atoms with Crippen LogP contribution in [0.25, 0.3) is 0 Å². The molecule has 2 atom stereocenters. The van der Waals surface area contributed by atoms with Gasteiger partial charge in [-0.15, -0.1) is 0 Å². The average molecular weight is 373 g/mol. The van der Waals surface area contributed by atoms with Gasteiger partial charge in [0.2, 0.25) is 5.91 Å². The Labute approximate surface area is 158 Å². The Kier molecular flexibility index (Phi) is 5.38. The number of thiol groups is 1. The number of amides is 2. The summed E-state index contributed by atoms with van der Waals surface area (Å²) in [5.41, 5.74) is 8.02. The van der Waals surface area contributed by atoms with Crippen LogP contribution in [-0.2, 0) is 4.79 Å². The molecule has 2 N–H and O–H groups in total. The van der Waals surface area contributed by atoms with Gasteiger partial charge in [-0.25, -0.2) is 0 Å². The lowest BCUT2D eigenvalue weighted by Crippen LogP contribution is -2.51. The topological polar surface area (TPSA) is 79.8 Å². The van der Waals surface area contributed by atoms with Crippen LogP contribution in [0.4, 0.5) is 11.4 Å². The average Bonchev–Trinajstić information content (AvgIpc) is 3.14. The first-order chi connectivity index (χ1) is 12.4. The molecular weight excluding hydrogens is 350 g/mol. The molecule has 0 radical (unpaired) electrons. The van der Waals surface area contributed by atoms with Crippen molar-refractivity contribution in [2.45, 2.75) is 31.6 Å². The highest BCUT2D eigenvalue weighted by atomic mass is 32.1. The first-order valence-electron chi connectivity index (χ1n) is 8.61. The number of carbonyl (C=O) groups is 2. The molecule has 1 aliphatic heterocycles. The lowest BCUT2D eigenvalue weighted by Gasteiger charge is -2.40. The number of hydrogen-bond donors (Lipinski definition) is 2. The summed E-state index contributed by atoms with van der Waals surface area (Å²) in [5, 5.41) is -0.0315. The Bertz CT molecular complexity index is 806. The van der Waals surface area contributed by atoms with Gasteiger partial charge >= 0.3 is 0 Å². The minimum Gasteiger partial charge on any atom is -0.459 e. The van der Waals surface area contributed by atoms with E-state index in [9.17, 15) is 9.59 Å². The second-order valence-corrected chi connectivity index (χ2v) is 7.10. The van der Waals surface area contributed by atoms with Gasteiger partial charge in [-0.2, -0.15) is 12.6 Å². The van der Waals surface area contributed by atoms with Gasteiger partial charge in [0.15, 0.2) is 5.76 Å². The molecule has 0 saturated carbocycles. The van der Waals surface area contributed by atoms with E-state index in [1.807, 2.05) is 25.1 Å². The van der Waals surface area contributed by atoms with Crippen LogP contribution in [0.2, 0.25) is 0 Å². The Hall–Kier alpha value is -2.25. The van der Waals surface area contributed by atoms with Crippen LogP contribution in [0.15, 0.2) is 41.0 Å². The summed E-state index contributed by atoms with van der Waals surface area (Å²) in [7, 11) is 0. The Morgan fingerprint density at radius 3 is 2.73 bits per heavy atom. The molecule has 1 unspecified atom stereocenters. The highest BCUT2D eigenvalue weighted by Gasteiger charge is 2.35. The molecule has 1 aromatic heterocycles. The number of nitrogens with two attached hydrogens (primary N) is 1. The van der Waals surface area contributed by atoms with Crippen LogP contribution < -0.4 is 15.5 Å². The van der Waals surface area contributed by atoms with Crippen molar-refractivity contribution in [3.63, 3.8) is 0 Å². The molecule has 1 aromatic carbocycles. The predicted octanol–water partition coefficient (Wildman–Crippen LogP) is 3.00. The van der Waals surface area contributed by atoms with E-state index < -0.39 is 0 Å². The normalized spacial score (nSPS) is 17.8. The number of furan rings is 1. The maximum atomic E-state index is 12.9. The molecule has 0 fully saturated rings. The van der Waals surface area contributed by atoms with Crippen molar-refractivity contribution in [1.29, 1.82) is 0 Å². The SMILES string of the molecule is CC(=O)N1c2ccc(C(S)CCN)cc2N(C(=O)c2ccco2)C[C@@H]1C. The van der Waals surface area contributed by atoms with Crippen LogP contribution in [0, 0.1) is 0 Å². The summed E-state index contributed by atoms with van der Waals surface area (Å²) >= 11 is 4.61. The zero-order chi connectivity index (χ0) is 18.8. The minimum absolute atomic E-state index is 0.0315. The van der Waals surface area contributed by atoms with Crippen molar-refractivity contribution in [3.05, 3.63) is 47.9 Å². The van der Waals surface area contributed by atoms with E-state index in [2.05, 4.69) is 12.6 Å². The predicted molar refractivity (Wildman–Crippen MR) is 105 cm³/mol. The van der Waals surface area contributed by atoms with Gasteiger partial charge in [0.05, 0.1) is 23.7 Å². The molecule has 7 heteroatoms. The van der Waals surface area contributed by atoms with Crippen LogP contribution in [0.5, 0.6) is 0 Å². The van der Waals surface area contributed by atoms with E-state index in [0.29, 0.717) is 24.5 Å². The maximum absolute atomic E-state index is 12.9. The van der Waals surface area contributed by atoms with Gasteiger partial charge in [-0.3, -0.25) is 9.59 Å². The fourth-order valence-corrected chi connectivity index (χ4v) is 3.69. The van der Waals surface area contributed by atoms with Gasteiger partial charge in [-0.1, -0.05) is 6.07 Å². The number of rotatable bonds is 4. The van der Waals surface area contributed by atoms with Gasteiger partial charge in [0.1, 0.15) is 0 Å². The molecule has 0 bridgehead atoms. The molecule has 26 heavy (non-hydrogen) atoms. The second-order valence-electron chi connectivity index (χ2n) is 6.47. The monoisotopic (exact) mass is 373 g/mol. The van der Waals surface area contributed by atoms with Gasteiger partial charge in [0.25, 0.3) is 5.91 Å². The first-order valence-corrected chi connectivity index (χ1v) is 9.13. The third kappa shape index (κ3) is 3.37. The molecule has 0 spiro atoms. The number of carbonyl (C=O) groups excluding carboxylic acids is 2. The maximum Gasteiger partial charge on any atom is 0.294 e. The fraction of sp³-hybridized carbons (Fsp3) is 0.368. The number of fused-ring (bicyclic) bond motifs is 1. The van der Waals surface area contributed by atoms with Crippen molar-refractivity contribution in [2.24, 2.45) is 5.73 Å². The molecule has 1 aliphatic rings. The number of anilines is 2. The summed E-state index contributed by atoms with van der Waals surface area (Å²) < 4.78 is 5.29. The van der Waals surface area contributed by atoms with E-state index in [1.165, 1.54) is 13.2 Å². The second kappa shape index (κ2) is 7.55. The molecule has 2 aromatic rings. The third-order valence-electron chi connectivity index (χ3n) is 4.58. The van der Waals surface area contributed by atoms with Crippen molar-refractivity contribution in [1.82, 2.24) is 0 Å². The molecule has 138 valence electrons. The van der Waals surface area contributed by atoms with Crippen LogP contribution in [0.1, 0.15) is 41.6 Å². The molecule has 0 saturated heterocycles. The number of benzene rings is 1. The zero-order valence-corrected chi connectivity index (χ0v) is 15.8. The Morgan fingerprint density at radius 1 is 1.35 bits per heavy atom. The lowest BCUT2D eigenvalue weighted by atomic mass is 10.0. The molecule has 3 rings (SSSR count). The highest BCUT2D eigenvalue weighted by Crippen LogP contribution is 2.39. The summed E-state index contributed by atoms with van der Waals surface area (Å²) in [6.45, 7) is 4.38. The molecule has 0 aliphatic carbocycles. The Morgan fingerprint density at radius 2 is 2.12 bits per heavy atom. The highest BCUT2D eigenvalue weighted by molar-refractivity contribution is 7.80. The van der Waals surface area contributed by atoms with Gasteiger partial charge < -0.3 is 20.0 Å². The summed E-state index contributed by atoms with van der Waals surface area (Å²) in [4.78, 5) is 28.5. The molecular formula is C19H23N3O3S. The van der Waals surface area contributed by atoms with Crippen molar-refractivity contribution in [2.75, 3.05) is 22.9 Å². The minimum atomic E-state index is -0.224. The van der Waals surface area contributed by atoms with Crippen LogP contribution >= 0.6 is 12.6 Å². The van der Waals surface area contributed by atoms with E-state index >= 15 is 0 Å². The van der Waals surface area contributed by atoms with E-state index in [-0.39, 0.29) is 28.9 Å². The summed E-state index contributed by atoms with van der Waals surface area (Å²) in [5.74, 6) is -0.00631. The van der Waals surface area contributed by atoms with Crippen molar-refractivity contribution < 1.29 is 14.0 Å². The largest absolute Gasteiger partial charge is 0.459 e.